The van der Waals surface area contributed by atoms with Gasteiger partial charge in [0.2, 0.25) is 0 Å². The lowest BCUT2D eigenvalue weighted by Gasteiger charge is -2.35. The Hall–Kier alpha value is -12.8. The first-order valence-electron chi connectivity index (χ1n) is 33.7. The molecule has 2 atom stereocenters. The molecule has 12 heteroatoms. The summed E-state index contributed by atoms with van der Waals surface area (Å²) in [5.41, 5.74) is 12.6. The third-order valence-electron chi connectivity index (χ3n) is 20.1. The average Bonchev–Trinajstić information content (AvgIpc) is 1.53. The largest absolute Gasteiger partial charge is 0.457 e. The van der Waals surface area contributed by atoms with Crippen molar-refractivity contribution >= 4 is 46.3 Å². The van der Waals surface area contributed by atoms with Crippen molar-refractivity contribution in [2.45, 2.75) is 24.7 Å². The van der Waals surface area contributed by atoms with E-state index in [-0.39, 0.29) is 11.1 Å². The predicted octanol–water partition coefficient (Wildman–Crippen LogP) is 25.6. The number of ether oxygens (including phenoxy) is 2. The molecule has 0 saturated carbocycles. The van der Waals surface area contributed by atoms with E-state index in [0.29, 0.717) is 102 Å². The van der Waals surface area contributed by atoms with Gasteiger partial charge in [0.25, 0.3) is 0 Å². The molecule has 0 saturated heterocycles. The molecule has 0 aromatic heterocycles. The molecule has 506 valence electrons. The van der Waals surface area contributed by atoms with Gasteiger partial charge in [-0.25, -0.2) is 35.1 Å². The third-order valence-corrected chi connectivity index (χ3v) is 20.1. The lowest BCUT2D eigenvalue weighted by atomic mass is 9.67. The maximum absolute atomic E-state index is 16.0. The molecule has 14 aromatic rings. The lowest BCUT2D eigenvalue weighted by Crippen LogP contribution is -2.29. The molecule has 104 heavy (non-hydrogen) atoms. The van der Waals surface area contributed by atoms with Gasteiger partial charge in [-0.1, -0.05) is 159 Å². The number of hydrogen-bond donors (Lipinski definition) is 0. The first-order chi connectivity index (χ1) is 50.5. The van der Waals surface area contributed by atoms with Crippen molar-refractivity contribution in [1.82, 2.24) is 0 Å². The van der Waals surface area contributed by atoms with E-state index in [1.807, 2.05) is 216 Å². The number of fused-ring (bicyclic) bond motifs is 6. The number of benzene rings is 14. The fourth-order valence-corrected chi connectivity index (χ4v) is 15.1. The van der Waals surface area contributed by atoms with Crippen LogP contribution in [0.5, 0.6) is 23.0 Å². The monoisotopic (exact) mass is 1380 g/mol. The van der Waals surface area contributed by atoms with Crippen LogP contribution in [0.15, 0.2) is 304 Å². The Kier molecular flexibility index (Phi) is 16.6. The third kappa shape index (κ3) is 11.2. The summed E-state index contributed by atoms with van der Waals surface area (Å²) in [6, 6.07) is 86.1. The van der Waals surface area contributed by atoms with E-state index < -0.39 is 57.4 Å². The second-order valence-electron chi connectivity index (χ2n) is 26.0. The Morgan fingerprint density at radius 1 is 0.279 bits per heavy atom. The number of rotatable bonds is 17. The molecule has 0 N–H and O–H groups in total. The van der Waals surface area contributed by atoms with E-state index in [9.17, 15) is 0 Å². The van der Waals surface area contributed by atoms with Crippen molar-refractivity contribution in [2.75, 3.05) is 9.80 Å². The SMILES string of the molecule is C=Cc1ccc(Oc2ccc(C3(c4cc(F)c(F)c(F)c4)c4ccccc4-c4ccc(N(c5ccc(-c6ccc(N(c7ccc(F)c(C)c7)c7ccc8c(c7)C(c7ccc(Oc9ccc(C=C)cc9)cc7)(c7cc(F)c(F)c(F)c7)c7ccccc7-8)cc6)cc5)c5ccc(F)c(C)c5)cc43)cc2)cc1. The topological polar surface area (TPSA) is 24.9 Å². The van der Waals surface area contributed by atoms with Crippen LogP contribution in [0.4, 0.5) is 69.2 Å². The van der Waals surface area contributed by atoms with Crippen molar-refractivity contribution in [2.24, 2.45) is 0 Å². The summed E-state index contributed by atoms with van der Waals surface area (Å²) in [6.45, 7) is 11.1. The molecule has 0 amide bonds. The Morgan fingerprint density at radius 2 is 0.577 bits per heavy atom. The van der Waals surface area contributed by atoms with Crippen LogP contribution in [0.1, 0.15) is 66.8 Å². The van der Waals surface area contributed by atoms with Crippen molar-refractivity contribution in [3.63, 3.8) is 0 Å². The van der Waals surface area contributed by atoms with Crippen molar-refractivity contribution in [1.29, 1.82) is 0 Å². The molecule has 2 aliphatic carbocycles. The highest BCUT2D eigenvalue weighted by molar-refractivity contribution is 5.92. The Balaban J connectivity index is 0.788. The van der Waals surface area contributed by atoms with Gasteiger partial charge in [-0.05, 0) is 272 Å². The van der Waals surface area contributed by atoms with Gasteiger partial charge in [-0.15, -0.1) is 0 Å². The first kappa shape index (κ1) is 65.8. The second kappa shape index (κ2) is 26.3. The molecule has 0 heterocycles. The lowest BCUT2D eigenvalue weighted by molar-refractivity contribution is 0.443. The molecule has 0 radical (unpaired) electrons. The molecule has 16 rings (SSSR count). The zero-order valence-electron chi connectivity index (χ0n) is 56.0. The van der Waals surface area contributed by atoms with Crippen LogP contribution in [0.2, 0.25) is 0 Å². The van der Waals surface area contributed by atoms with Crippen molar-refractivity contribution in [3.05, 3.63) is 418 Å². The molecule has 0 fully saturated rings. The van der Waals surface area contributed by atoms with Crippen LogP contribution in [-0.2, 0) is 10.8 Å². The number of hydrogen-bond acceptors (Lipinski definition) is 4. The Labute approximate surface area is 596 Å². The van der Waals surface area contributed by atoms with Crippen molar-refractivity contribution in [3.8, 4) is 56.4 Å². The number of halogens is 8. The Bertz CT molecular complexity index is 5330. The molecule has 0 bridgehead atoms. The van der Waals surface area contributed by atoms with E-state index in [0.717, 1.165) is 68.8 Å². The van der Waals surface area contributed by atoms with E-state index in [4.69, 9.17) is 9.47 Å². The molecule has 14 aromatic carbocycles. The van der Waals surface area contributed by atoms with E-state index in [2.05, 4.69) is 13.2 Å². The summed E-state index contributed by atoms with van der Waals surface area (Å²) in [5, 5.41) is 0. The maximum atomic E-state index is 16.0. The van der Waals surface area contributed by atoms with Gasteiger partial charge in [0, 0.05) is 34.1 Å². The molecule has 2 aliphatic rings. The minimum Gasteiger partial charge on any atom is -0.457 e. The molecule has 4 nitrogen and oxygen atoms in total. The summed E-state index contributed by atoms with van der Waals surface area (Å²) in [7, 11) is 0. The highest BCUT2D eigenvalue weighted by Crippen LogP contribution is 2.60. The summed E-state index contributed by atoms with van der Waals surface area (Å²) in [4.78, 5) is 3.97. The van der Waals surface area contributed by atoms with Gasteiger partial charge >= 0.3 is 0 Å². The molecule has 2 unspecified atom stereocenters. The second-order valence-corrected chi connectivity index (χ2v) is 26.0. The van der Waals surface area contributed by atoms with Crippen LogP contribution in [0.25, 0.3) is 45.5 Å². The average molecular weight is 1380 g/mol. The van der Waals surface area contributed by atoms with Crippen LogP contribution >= 0.6 is 0 Å². The molecule has 0 spiro atoms. The van der Waals surface area contributed by atoms with Crippen LogP contribution in [0, 0.1) is 60.4 Å². The van der Waals surface area contributed by atoms with Crippen molar-refractivity contribution < 1.29 is 44.6 Å². The van der Waals surface area contributed by atoms with Gasteiger partial charge in [-0.3, -0.25) is 0 Å². The summed E-state index contributed by atoms with van der Waals surface area (Å²) >= 11 is 0. The quantitative estimate of drug-likeness (QED) is 0.0670. The minimum absolute atomic E-state index is 0.148. The zero-order chi connectivity index (χ0) is 71.7. The summed E-state index contributed by atoms with van der Waals surface area (Å²) in [5.74, 6) is -7.24. The van der Waals surface area contributed by atoms with Crippen LogP contribution in [0.3, 0.4) is 0 Å². The van der Waals surface area contributed by atoms with E-state index in [1.54, 1.807) is 74.5 Å². The number of aryl methyl sites for hydroxylation is 2. The Morgan fingerprint density at radius 3 is 0.913 bits per heavy atom. The number of nitrogens with zero attached hydrogens (tertiary/aromatic N) is 2. The molecule has 0 aliphatic heterocycles. The van der Waals surface area contributed by atoms with Crippen LogP contribution < -0.4 is 19.3 Å². The van der Waals surface area contributed by atoms with Gasteiger partial charge in [0.05, 0.1) is 10.8 Å². The van der Waals surface area contributed by atoms with E-state index in [1.165, 1.54) is 12.1 Å². The zero-order valence-corrected chi connectivity index (χ0v) is 56.0. The number of anilines is 6. The van der Waals surface area contributed by atoms with Gasteiger partial charge in [0.15, 0.2) is 34.9 Å². The maximum Gasteiger partial charge on any atom is 0.194 e. The summed E-state index contributed by atoms with van der Waals surface area (Å²) in [6.07, 6.45) is 3.47. The standard InChI is InChI=1S/C92H60F8N2O2/c1-5-57-15-35-71(36-16-57)103-73-39-23-61(24-40-73)91(63-49-85(95)89(99)86(96)50-63)79-13-9-7-11-75(79)77-43-31-69(53-81(77)91)101(67-33-45-83(93)55(3)47-67)65-27-19-59(20-28-65)60-21-29-66(30-22-60)102(68-34-46-84(94)56(4)48-68)70-32-44-78-76-12-8-10-14-80(76)92(82(78)54-70,64-51-87(97)90(100)88(98)52-64)62-25-41-74(42-26-62)104-72-37-17-58(6-2)18-38-72/h5-54H,1-2H2,3-4H3. The highest BCUT2D eigenvalue weighted by atomic mass is 19.2. The summed E-state index contributed by atoms with van der Waals surface area (Å²) < 4.78 is 138. The fraction of sp³-hybridized carbons (Fsp3) is 0.0435. The first-order valence-corrected chi connectivity index (χ1v) is 33.7. The molecular weight excluding hydrogens is 1320 g/mol. The minimum atomic E-state index is -1.59. The normalized spacial score (nSPS) is 14.6. The molecular formula is C92H60F8N2O2. The van der Waals surface area contributed by atoms with Gasteiger partial charge in [0.1, 0.15) is 34.6 Å². The van der Waals surface area contributed by atoms with Crippen LogP contribution in [-0.4, -0.2) is 0 Å². The fourth-order valence-electron chi connectivity index (χ4n) is 15.1. The van der Waals surface area contributed by atoms with Gasteiger partial charge in [-0.2, -0.15) is 0 Å². The van der Waals surface area contributed by atoms with E-state index >= 15 is 35.1 Å². The van der Waals surface area contributed by atoms with Gasteiger partial charge < -0.3 is 19.3 Å². The highest BCUT2D eigenvalue weighted by Gasteiger charge is 2.49. The smallest absolute Gasteiger partial charge is 0.194 e. The predicted molar refractivity (Wildman–Crippen MR) is 398 cm³/mol.